The van der Waals surface area contributed by atoms with E-state index < -0.39 is 0 Å². The molecule has 3 heteroatoms. The molecule has 0 saturated carbocycles. The van der Waals surface area contributed by atoms with Gasteiger partial charge in [0, 0.05) is 0 Å². The van der Waals surface area contributed by atoms with E-state index in [1.807, 2.05) is 24.3 Å². The number of benzene rings is 2. The van der Waals surface area contributed by atoms with Gasteiger partial charge in [-0.3, -0.25) is 0 Å². The predicted molar refractivity (Wildman–Crippen MR) is 79.7 cm³/mol. The van der Waals surface area contributed by atoms with Crippen molar-refractivity contribution < 1.29 is 10.7 Å². The summed E-state index contributed by atoms with van der Waals surface area (Å²) in [6.45, 7) is 8.22. The fraction of sp³-hybridized carbons (Fsp3) is 0.375. The Labute approximate surface area is 116 Å². The lowest BCUT2D eigenvalue weighted by atomic mass is 9.78. The van der Waals surface area contributed by atoms with E-state index in [0.717, 1.165) is 16.2 Å². The van der Waals surface area contributed by atoms with E-state index in [1.54, 1.807) is 6.07 Å². The third-order valence-corrected chi connectivity index (χ3v) is 4.23. The average molecular weight is 255 g/mol. The van der Waals surface area contributed by atoms with Crippen LogP contribution in [0.4, 0.5) is 0 Å². The average Bonchev–Trinajstić information content (AvgIpc) is 2.58. The summed E-state index contributed by atoms with van der Waals surface area (Å²) in [6, 6.07) is 12.3. The summed E-state index contributed by atoms with van der Waals surface area (Å²) in [4.78, 5) is 0. The smallest absolute Gasteiger partial charge is 0.399 e. The largest absolute Gasteiger partial charge is 0.494 e. The van der Waals surface area contributed by atoms with Gasteiger partial charge >= 0.3 is 7.12 Å². The molecule has 19 heavy (non-hydrogen) atoms. The van der Waals surface area contributed by atoms with Crippen molar-refractivity contribution in [3.63, 3.8) is 0 Å². The fourth-order valence-corrected chi connectivity index (χ4v) is 2.27. The molecule has 2 nitrogen and oxygen atoms in total. The van der Waals surface area contributed by atoms with E-state index in [9.17, 15) is 0 Å². The summed E-state index contributed by atoms with van der Waals surface area (Å²) >= 11 is 0. The monoisotopic (exact) mass is 255 g/mol. The van der Waals surface area contributed by atoms with E-state index in [0.29, 0.717) is 6.04 Å². The molecule has 0 amide bonds. The molecule has 1 saturated heterocycles. The molecule has 0 unspecified atom stereocenters. The van der Waals surface area contributed by atoms with Crippen molar-refractivity contribution in [3.05, 3.63) is 42.4 Å². The summed E-state index contributed by atoms with van der Waals surface area (Å²) in [6.07, 6.45) is 0. The molecule has 1 aliphatic rings. The summed E-state index contributed by atoms with van der Waals surface area (Å²) < 4.78 is 19.8. The van der Waals surface area contributed by atoms with Gasteiger partial charge in [0.15, 0.2) is 0 Å². The molecule has 2 aromatic carbocycles. The molecule has 1 heterocycles. The molecule has 0 aliphatic carbocycles. The highest BCUT2D eigenvalue weighted by Crippen LogP contribution is 2.36. The van der Waals surface area contributed by atoms with Gasteiger partial charge in [0.25, 0.3) is 0 Å². The second kappa shape index (κ2) is 4.09. The topological polar surface area (TPSA) is 18.5 Å². The van der Waals surface area contributed by atoms with Crippen LogP contribution in [0.2, 0.25) is 0 Å². The van der Waals surface area contributed by atoms with Crippen LogP contribution in [-0.4, -0.2) is 18.3 Å². The van der Waals surface area contributed by atoms with Gasteiger partial charge in [-0.25, -0.2) is 0 Å². The second-order valence-corrected chi connectivity index (χ2v) is 6.12. The maximum Gasteiger partial charge on any atom is 0.494 e. The Hall–Kier alpha value is -1.32. The molecule has 98 valence electrons. The van der Waals surface area contributed by atoms with E-state index in [2.05, 4.69) is 33.8 Å². The molecule has 0 spiro atoms. The number of rotatable bonds is 1. The summed E-state index contributed by atoms with van der Waals surface area (Å²) in [5.41, 5.74) is 0.379. The summed E-state index contributed by atoms with van der Waals surface area (Å²) in [5, 5.41) is 2.17. The highest BCUT2D eigenvalue weighted by molar-refractivity contribution is 6.62. The Kier molecular flexibility index (Phi) is 2.48. The first-order chi connectivity index (χ1) is 9.28. The van der Waals surface area contributed by atoms with Crippen LogP contribution in [0.25, 0.3) is 10.8 Å². The number of hydrogen-bond donors (Lipinski definition) is 0. The van der Waals surface area contributed by atoms with E-state index in [-0.39, 0.29) is 18.3 Å². The van der Waals surface area contributed by atoms with Crippen molar-refractivity contribution in [1.82, 2.24) is 0 Å². The van der Waals surface area contributed by atoms with Crippen LogP contribution in [-0.2, 0) is 9.31 Å². The Morgan fingerprint density at radius 2 is 1.63 bits per heavy atom. The maximum atomic E-state index is 7.65. The van der Waals surface area contributed by atoms with Gasteiger partial charge in [-0.2, -0.15) is 0 Å². The first-order valence-electron chi connectivity index (χ1n) is 7.14. The fourth-order valence-electron chi connectivity index (χ4n) is 2.27. The van der Waals surface area contributed by atoms with E-state index >= 15 is 0 Å². The van der Waals surface area contributed by atoms with Crippen molar-refractivity contribution in [2.75, 3.05) is 0 Å². The van der Waals surface area contributed by atoms with Crippen LogP contribution in [0.1, 0.15) is 29.1 Å². The lowest BCUT2D eigenvalue weighted by Crippen LogP contribution is -2.41. The molecule has 1 aliphatic heterocycles. The predicted octanol–water partition coefficient (Wildman–Crippen LogP) is 3.14. The molecule has 0 aromatic heterocycles. The number of hydrogen-bond acceptors (Lipinski definition) is 2. The van der Waals surface area contributed by atoms with Crippen LogP contribution < -0.4 is 5.46 Å². The van der Waals surface area contributed by atoms with Gasteiger partial charge in [0.2, 0.25) is 0 Å². The molecule has 3 rings (SSSR count). The standard InChI is InChI=1S/C16H19BO2/c1-15(2)16(3,4)19-17(18-15)14-10-9-12-7-5-6-8-13(12)11-14/h5-11H,1-4H3/i5D. The van der Waals surface area contributed by atoms with Gasteiger partial charge in [-0.1, -0.05) is 42.4 Å². The Bertz CT molecular complexity index is 651. The third-order valence-electron chi connectivity index (χ3n) is 4.23. The van der Waals surface area contributed by atoms with Gasteiger partial charge in [0.1, 0.15) is 0 Å². The first-order valence-corrected chi connectivity index (χ1v) is 6.64. The second-order valence-electron chi connectivity index (χ2n) is 6.12. The van der Waals surface area contributed by atoms with Crippen molar-refractivity contribution in [1.29, 1.82) is 0 Å². The Morgan fingerprint density at radius 1 is 0.947 bits per heavy atom. The third kappa shape index (κ3) is 2.07. The Morgan fingerprint density at radius 3 is 2.32 bits per heavy atom. The van der Waals surface area contributed by atoms with Crippen LogP contribution in [0.3, 0.4) is 0 Å². The molecule has 0 N–H and O–H groups in total. The zero-order valence-electron chi connectivity index (χ0n) is 12.9. The Balaban J connectivity index is 1.98. The number of fused-ring (bicyclic) bond motifs is 1. The van der Waals surface area contributed by atoms with Gasteiger partial charge in [0.05, 0.1) is 12.6 Å². The first kappa shape index (κ1) is 11.5. The lowest BCUT2D eigenvalue weighted by Gasteiger charge is -2.32. The van der Waals surface area contributed by atoms with Gasteiger partial charge in [-0.05, 0) is 43.9 Å². The van der Waals surface area contributed by atoms with Crippen LogP contribution in [0, 0.1) is 0 Å². The van der Waals surface area contributed by atoms with Crippen LogP contribution in [0.15, 0.2) is 42.4 Å². The zero-order chi connectivity index (χ0) is 14.5. The molecule has 0 bridgehead atoms. The molecule has 1 fully saturated rings. The van der Waals surface area contributed by atoms with E-state index in [1.165, 1.54) is 0 Å². The van der Waals surface area contributed by atoms with E-state index in [4.69, 9.17) is 10.7 Å². The van der Waals surface area contributed by atoms with Crippen molar-refractivity contribution in [2.45, 2.75) is 38.9 Å². The van der Waals surface area contributed by atoms with Crippen molar-refractivity contribution in [2.24, 2.45) is 0 Å². The molecule has 0 radical (unpaired) electrons. The highest BCUT2D eigenvalue weighted by Gasteiger charge is 2.51. The quantitative estimate of drug-likeness (QED) is 0.729. The normalized spacial score (nSPS) is 21.7. The summed E-state index contributed by atoms with van der Waals surface area (Å²) in [7, 11) is -0.333. The van der Waals surface area contributed by atoms with Gasteiger partial charge in [-0.15, -0.1) is 0 Å². The van der Waals surface area contributed by atoms with Crippen molar-refractivity contribution in [3.8, 4) is 0 Å². The van der Waals surface area contributed by atoms with Crippen LogP contribution >= 0.6 is 0 Å². The van der Waals surface area contributed by atoms with Crippen molar-refractivity contribution >= 4 is 23.4 Å². The maximum absolute atomic E-state index is 7.65. The molecule has 0 atom stereocenters. The minimum atomic E-state index is -0.333. The summed E-state index contributed by atoms with van der Waals surface area (Å²) in [5.74, 6) is 0. The zero-order valence-corrected chi connectivity index (χ0v) is 11.9. The SMILES string of the molecule is [2H]c1ccc2cc(B3OC(C)(C)C(C)(C)O3)ccc2c1. The molecule has 2 aromatic rings. The highest BCUT2D eigenvalue weighted by atomic mass is 16.7. The minimum Gasteiger partial charge on any atom is -0.399 e. The lowest BCUT2D eigenvalue weighted by molar-refractivity contribution is 0.00578. The minimum absolute atomic E-state index is 0.322. The van der Waals surface area contributed by atoms with Gasteiger partial charge < -0.3 is 9.31 Å². The molecular formula is C16H19BO2. The molecular weight excluding hydrogens is 235 g/mol. The van der Waals surface area contributed by atoms with Crippen LogP contribution in [0.5, 0.6) is 0 Å².